The van der Waals surface area contributed by atoms with Crippen LogP contribution in [0.5, 0.6) is 0 Å². The van der Waals surface area contributed by atoms with Crippen LogP contribution >= 0.6 is 0 Å². The Bertz CT molecular complexity index is 735. The smallest absolute Gasteiger partial charge is 0.321 e. The molecule has 136 valence electrons. The number of hydrogen-bond donors (Lipinski definition) is 1. The van der Waals surface area contributed by atoms with Gasteiger partial charge in [-0.25, -0.2) is 9.78 Å². The fraction of sp³-hybridized carbons (Fsp3) is 0.556. The second-order valence-corrected chi connectivity index (χ2v) is 6.78. The number of hydrogen-bond acceptors (Lipinski definition) is 5. The molecule has 1 fully saturated rings. The molecule has 0 radical (unpaired) electrons. The summed E-state index contributed by atoms with van der Waals surface area (Å²) in [4.78, 5) is 20.7. The minimum atomic E-state index is -0.131. The maximum atomic E-state index is 12.4. The molecule has 1 aliphatic rings. The van der Waals surface area contributed by atoms with Gasteiger partial charge in [-0.15, -0.1) is 0 Å². The molecular weight excluding hydrogens is 320 g/mol. The third-order valence-electron chi connectivity index (χ3n) is 4.34. The summed E-state index contributed by atoms with van der Waals surface area (Å²) in [6, 6.07) is 5.34. The van der Waals surface area contributed by atoms with Gasteiger partial charge in [0.2, 0.25) is 0 Å². The number of ether oxygens (including phenoxy) is 1. The van der Waals surface area contributed by atoms with Gasteiger partial charge in [0.15, 0.2) is 11.5 Å². The Balaban J connectivity index is 1.52. The number of aryl methyl sites for hydroxylation is 1. The minimum absolute atomic E-state index is 0.131. The number of morpholine rings is 1. The van der Waals surface area contributed by atoms with Crippen molar-refractivity contribution >= 4 is 22.8 Å². The molecule has 0 spiro atoms. The molecule has 2 heterocycles. The van der Waals surface area contributed by atoms with Crippen LogP contribution < -0.4 is 5.32 Å². The number of likely N-dealkylation sites (N-methyl/N-ethyl adjacent to an activating group) is 1. The standard InChI is InChI=1S/C18H26N4O3/c1-12-10-22(11-13(2)24-12)8-7-21(4)18(23)20-15-5-6-17-16(9-15)19-14(3)25-17/h5-6,9,12-13H,7-8,10-11H2,1-4H3,(H,20,23)/t12-,13+. The van der Waals surface area contributed by atoms with Crippen molar-refractivity contribution in [2.75, 3.05) is 38.5 Å². The van der Waals surface area contributed by atoms with Crippen LogP contribution in [0, 0.1) is 6.92 Å². The van der Waals surface area contributed by atoms with Crippen molar-refractivity contribution < 1.29 is 13.9 Å². The Morgan fingerprint density at radius 1 is 1.36 bits per heavy atom. The summed E-state index contributed by atoms with van der Waals surface area (Å²) in [5.41, 5.74) is 2.18. The average molecular weight is 346 g/mol. The molecule has 1 saturated heterocycles. The number of fused-ring (bicyclic) bond motifs is 1. The molecule has 0 bridgehead atoms. The zero-order valence-electron chi connectivity index (χ0n) is 15.3. The highest BCUT2D eigenvalue weighted by molar-refractivity contribution is 5.91. The molecule has 2 aromatic rings. The first-order valence-electron chi connectivity index (χ1n) is 8.68. The van der Waals surface area contributed by atoms with Crippen LogP contribution in [-0.2, 0) is 4.74 Å². The van der Waals surface area contributed by atoms with Crippen LogP contribution in [0.3, 0.4) is 0 Å². The first-order chi connectivity index (χ1) is 11.9. The highest BCUT2D eigenvalue weighted by atomic mass is 16.5. The molecule has 2 amide bonds. The molecule has 1 aliphatic heterocycles. The first-order valence-corrected chi connectivity index (χ1v) is 8.68. The van der Waals surface area contributed by atoms with Crippen molar-refractivity contribution in [3.63, 3.8) is 0 Å². The Morgan fingerprint density at radius 3 is 2.80 bits per heavy atom. The molecule has 1 aromatic heterocycles. The number of carbonyl (C=O) groups is 1. The molecule has 7 nitrogen and oxygen atoms in total. The summed E-state index contributed by atoms with van der Waals surface area (Å²) in [6.45, 7) is 9.28. The summed E-state index contributed by atoms with van der Waals surface area (Å²) in [5, 5.41) is 2.91. The molecule has 2 atom stereocenters. The predicted molar refractivity (Wildman–Crippen MR) is 96.8 cm³/mol. The molecule has 25 heavy (non-hydrogen) atoms. The topological polar surface area (TPSA) is 70.8 Å². The fourth-order valence-corrected chi connectivity index (χ4v) is 3.20. The molecule has 7 heteroatoms. The molecule has 3 rings (SSSR count). The lowest BCUT2D eigenvalue weighted by Gasteiger charge is -2.36. The van der Waals surface area contributed by atoms with E-state index in [1.807, 2.05) is 18.2 Å². The van der Waals surface area contributed by atoms with Gasteiger partial charge in [-0.2, -0.15) is 0 Å². The highest BCUT2D eigenvalue weighted by Crippen LogP contribution is 2.20. The molecule has 0 aliphatic carbocycles. The molecular formula is C18H26N4O3. The van der Waals surface area contributed by atoms with E-state index < -0.39 is 0 Å². The number of aromatic nitrogens is 1. The Kier molecular flexibility index (Phi) is 5.24. The van der Waals surface area contributed by atoms with E-state index in [0.717, 1.165) is 30.7 Å². The lowest BCUT2D eigenvalue weighted by Crippen LogP contribution is -2.48. The van der Waals surface area contributed by atoms with Crippen LogP contribution in [0.4, 0.5) is 10.5 Å². The van der Waals surface area contributed by atoms with Gasteiger partial charge in [-0.05, 0) is 32.0 Å². The zero-order chi connectivity index (χ0) is 18.0. The van der Waals surface area contributed by atoms with Gasteiger partial charge < -0.3 is 19.4 Å². The van der Waals surface area contributed by atoms with Gasteiger partial charge in [0.25, 0.3) is 0 Å². The van der Waals surface area contributed by atoms with Gasteiger partial charge in [0.1, 0.15) is 5.52 Å². The van der Waals surface area contributed by atoms with E-state index in [2.05, 4.69) is 29.0 Å². The highest BCUT2D eigenvalue weighted by Gasteiger charge is 2.22. The Hall–Kier alpha value is -2.12. The van der Waals surface area contributed by atoms with Crippen LogP contribution in [0.15, 0.2) is 22.6 Å². The van der Waals surface area contributed by atoms with Gasteiger partial charge in [-0.1, -0.05) is 0 Å². The number of nitrogens with zero attached hydrogens (tertiary/aromatic N) is 3. The van der Waals surface area contributed by atoms with E-state index in [4.69, 9.17) is 9.15 Å². The van der Waals surface area contributed by atoms with Crippen LogP contribution in [0.2, 0.25) is 0 Å². The normalized spacial score (nSPS) is 21.4. The Labute approximate surface area is 147 Å². The van der Waals surface area contributed by atoms with Gasteiger partial charge in [0, 0.05) is 45.8 Å². The van der Waals surface area contributed by atoms with Gasteiger partial charge in [0.05, 0.1) is 12.2 Å². The van der Waals surface area contributed by atoms with Gasteiger partial charge >= 0.3 is 6.03 Å². The lowest BCUT2D eigenvalue weighted by molar-refractivity contribution is -0.0684. The maximum absolute atomic E-state index is 12.4. The Morgan fingerprint density at radius 2 is 2.08 bits per heavy atom. The number of carbonyl (C=O) groups excluding carboxylic acids is 1. The summed E-state index contributed by atoms with van der Waals surface area (Å²) in [5.74, 6) is 0.615. The maximum Gasteiger partial charge on any atom is 0.321 e. The van der Waals surface area contributed by atoms with Crippen LogP contribution in [0.25, 0.3) is 11.1 Å². The number of urea groups is 1. The quantitative estimate of drug-likeness (QED) is 0.922. The number of anilines is 1. The number of benzene rings is 1. The summed E-state index contributed by atoms with van der Waals surface area (Å²) >= 11 is 0. The molecule has 1 N–H and O–H groups in total. The third kappa shape index (κ3) is 4.49. The van der Waals surface area contributed by atoms with Gasteiger partial charge in [-0.3, -0.25) is 4.90 Å². The van der Waals surface area contributed by atoms with E-state index in [-0.39, 0.29) is 18.2 Å². The second kappa shape index (κ2) is 7.41. The lowest BCUT2D eigenvalue weighted by atomic mass is 10.2. The number of nitrogens with one attached hydrogen (secondary N) is 1. The summed E-state index contributed by atoms with van der Waals surface area (Å²) < 4.78 is 11.2. The van der Waals surface area contributed by atoms with Crippen LogP contribution in [-0.4, -0.2) is 66.2 Å². The molecule has 1 aromatic carbocycles. The van der Waals surface area contributed by atoms with Crippen LogP contribution in [0.1, 0.15) is 19.7 Å². The van der Waals surface area contributed by atoms with E-state index in [1.165, 1.54) is 0 Å². The number of rotatable bonds is 4. The number of amides is 2. The number of oxazole rings is 1. The predicted octanol–water partition coefficient (Wildman–Crippen LogP) is 2.71. The van der Waals surface area contributed by atoms with Crippen molar-refractivity contribution in [3.05, 3.63) is 24.1 Å². The van der Waals surface area contributed by atoms with E-state index in [9.17, 15) is 4.79 Å². The zero-order valence-corrected chi connectivity index (χ0v) is 15.3. The van der Waals surface area contributed by atoms with E-state index >= 15 is 0 Å². The molecule has 0 saturated carbocycles. The second-order valence-electron chi connectivity index (χ2n) is 6.78. The van der Waals surface area contributed by atoms with Crippen molar-refractivity contribution in [2.45, 2.75) is 33.0 Å². The fourth-order valence-electron chi connectivity index (χ4n) is 3.20. The largest absolute Gasteiger partial charge is 0.441 e. The minimum Gasteiger partial charge on any atom is -0.441 e. The van der Waals surface area contributed by atoms with Crippen molar-refractivity contribution in [1.82, 2.24) is 14.8 Å². The monoisotopic (exact) mass is 346 g/mol. The first kappa shape index (κ1) is 17.7. The third-order valence-corrected chi connectivity index (χ3v) is 4.34. The van der Waals surface area contributed by atoms with Crippen molar-refractivity contribution in [2.24, 2.45) is 0 Å². The summed E-state index contributed by atoms with van der Waals surface area (Å²) in [6.07, 6.45) is 0.473. The van der Waals surface area contributed by atoms with E-state index in [1.54, 1.807) is 18.9 Å². The van der Waals surface area contributed by atoms with E-state index in [0.29, 0.717) is 18.1 Å². The van der Waals surface area contributed by atoms with Crippen molar-refractivity contribution in [1.29, 1.82) is 0 Å². The summed E-state index contributed by atoms with van der Waals surface area (Å²) in [7, 11) is 1.81. The molecule has 0 unspecified atom stereocenters. The SMILES string of the molecule is Cc1nc2cc(NC(=O)N(C)CCN3C[C@@H](C)O[C@@H](C)C3)ccc2o1. The van der Waals surface area contributed by atoms with Crippen molar-refractivity contribution in [3.8, 4) is 0 Å². The average Bonchev–Trinajstić information content (AvgIpc) is 2.91.